The molecule has 6 heteroatoms. The number of carbonyl (C=O) groups excluding carboxylic acids is 1. The molecule has 20 heavy (non-hydrogen) atoms. The summed E-state index contributed by atoms with van der Waals surface area (Å²) in [5.41, 5.74) is -0.259. The number of amides is 1. The van der Waals surface area contributed by atoms with E-state index in [-0.39, 0.29) is 17.6 Å². The van der Waals surface area contributed by atoms with E-state index in [4.69, 9.17) is 4.74 Å². The van der Waals surface area contributed by atoms with E-state index in [9.17, 15) is 4.79 Å². The molecule has 0 saturated carbocycles. The second-order valence-electron chi connectivity index (χ2n) is 6.01. The second kappa shape index (κ2) is 6.54. The quantitative estimate of drug-likeness (QED) is 0.862. The van der Waals surface area contributed by atoms with Gasteiger partial charge in [-0.2, -0.15) is 0 Å². The van der Waals surface area contributed by atoms with Crippen LogP contribution >= 0.6 is 0 Å². The van der Waals surface area contributed by atoms with Crippen molar-refractivity contribution >= 4 is 11.7 Å². The Labute approximate surface area is 120 Å². The molecule has 1 unspecified atom stereocenters. The Hall–Kier alpha value is -1.85. The van der Waals surface area contributed by atoms with Crippen molar-refractivity contribution in [3.05, 3.63) is 12.4 Å². The largest absolute Gasteiger partial charge is 0.475 e. The van der Waals surface area contributed by atoms with Crippen molar-refractivity contribution in [3.63, 3.8) is 0 Å². The molecular weight excluding hydrogens is 256 g/mol. The first-order valence-electron chi connectivity index (χ1n) is 6.74. The van der Waals surface area contributed by atoms with E-state index >= 15 is 0 Å². The van der Waals surface area contributed by atoms with Crippen LogP contribution in [0.3, 0.4) is 0 Å². The molecule has 0 aromatic carbocycles. The van der Waals surface area contributed by atoms with Gasteiger partial charge in [0.05, 0.1) is 6.10 Å². The third-order valence-electron chi connectivity index (χ3n) is 2.25. The Balaban J connectivity index is 2.66. The third kappa shape index (κ3) is 5.86. The maximum atomic E-state index is 12.0. The Bertz CT molecular complexity index is 455. The zero-order valence-electron chi connectivity index (χ0n) is 13.0. The predicted octanol–water partition coefficient (Wildman–Crippen LogP) is 1.98. The van der Waals surface area contributed by atoms with Crippen LogP contribution < -0.4 is 15.4 Å². The average Bonchev–Trinajstić information content (AvgIpc) is 2.26. The normalized spacial score (nSPS) is 12.9. The molecule has 1 amide bonds. The zero-order valence-corrected chi connectivity index (χ0v) is 13.0. The molecule has 1 atom stereocenters. The van der Waals surface area contributed by atoms with E-state index in [1.807, 2.05) is 34.6 Å². The fourth-order valence-corrected chi connectivity index (χ4v) is 1.49. The summed E-state index contributed by atoms with van der Waals surface area (Å²) in [6.45, 7) is 11.5. The van der Waals surface area contributed by atoms with E-state index in [0.29, 0.717) is 11.7 Å². The number of anilines is 1. The molecule has 112 valence electrons. The van der Waals surface area contributed by atoms with Crippen LogP contribution in [0.25, 0.3) is 0 Å². The molecular formula is C14H24N4O2. The molecule has 0 radical (unpaired) electrons. The SMILES string of the molecule is CC(C)Oc1cc(NC(C)C(=O)NC(C)(C)C)ncn1. The molecule has 1 aromatic heterocycles. The Morgan fingerprint density at radius 3 is 2.45 bits per heavy atom. The van der Waals surface area contributed by atoms with Crippen LogP contribution in [-0.2, 0) is 4.79 Å². The highest BCUT2D eigenvalue weighted by Gasteiger charge is 2.19. The van der Waals surface area contributed by atoms with Crippen molar-refractivity contribution in [2.24, 2.45) is 0 Å². The summed E-state index contributed by atoms with van der Waals surface area (Å²) in [6.07, 6.45) is 1.45. The van der Waals surface area contributed by atoms with E-state index < -0.39 is 6.04 Å². The van der Waals surface area contributed by atoms with Gasteiger partial charge in [0.25, 0.3) is 0 Å². The number of aromatic nitrogens is 2. The van der Waals surface area contributed by atoms with Crippen LogP contribution in [0, 0.1) is 0 Å². The first-order chi connectivity index (χ1) is 9.17. The van der Waals surface area contributed by atoms with Gasteiger partial charge >= 0.3 is 0 Å². The van der Waals surface area contributed by atoms with Gasteiger partial charge in [0.1, 0.15) is 18.2 Å². The standard InChI is InChI=1S/C14H24N4O2/c1-9(2)20-12-7-11(15-8-16-12)17-10(3)13(19)18-14(4,5)6/h7-10H,1-6H3,(H,18,19)(H,15,16,17). The summed E-state index contributed by atoms with van der Waals surface area (Å²) in [5, 5.41) is 5.94. The van der Waals surface area contributed by atoms with Gasteiger partial charge in [-0.15, -0.1) is 0 Å². The van der Waals surface area contributed by atoms with Crippen LogP contribution in [0.4, 0.5) is 5.82 Å². The lowest BCUT2D eigenvalue weighted by Gasteiger charge is -2.24. The third-order valence-corrected chi connectivity index (χ3v) is 2.25. The summed E-state index contributed by atoms with van der Waals surface area (Å²) in [6, 6.07) is 1.29. The van der Waals surface area contributed by atoms with Crippen LogP contribution in [0.1, 0.15) is 41.5 Å². The molecule has 1 heterocycles. The Morgan fingerprint density at radius 1 is 1.25 bits per heavy atom. The maximum Gasteiger partial charge on any atom is 0.242 e. The lowest BCUT2D eigenvalue weighted by molar-refractivity contribution is -0.122. The number of rotatable bonds is 5. The van der Waals surface area contributed by atoms with Crippen molar-refractivity contribution in [2.45, 2.75) is 59.2 Å². The molecule has 0 saturated heterocycles. The van der Waals surface area contributed by atoms with Crippen LogP contribution in [0.15, 0.2) is 12.4 Å². The number of carbonyl (C=O) groups is 1. The van der Waals surface area contributed by atoms with Crippen LogP contribution in [0.2, 0.25) is 0 Å². The summed E-state index contributed by atoms with van der Waals surface area (Å²) >= 11 is 0. The number of hydrogen-bond acceptors (Lipinski definition) is 5. The summed E-state index contributed by atoms with van der Waals surface area (Å²) in [7, 11) is 0. The van der Waals surface area contributed by atoms with Gasteiger partial charge in [0, 0.05) is 11.6 Å². The van der Waals surface area contributed by atoms with Gasteiger partial charge in [-0.05, 0) is 41.5 Å². The van der Waals surface area contributed by atoms with E-state index in [1.165, 1.54) is 6.33 Å². The minimum absolute atomic E-state index is 0.0411. The zero-order chi connectivity index (χ0) is 15.3. The highest BCUT2D eigenvalue weighted by atomic mass is 16.5. The van der Waals surface area contributed by atoms with Gasteiger partial charge in [0.15, 0.2) is 0 Å². The Morgan fingerprint density at radius 2 is 1.90 bits per heavy atom. The van der Waals surface area contributed by atoms with Crippen LogP contribution in [-0.4, -0.2) is 33.6 Å². The van der Waals surface area contributed by atoms with E-state index in [2.05, 4.69) is 20.6 Å². The highest BCUT2D eigenvalue weighted by molar-refractivity contribution is 5.84. The van der Waals surface area contributed by atoms with Gasteiger partial charge in [-0.25, -0.2) is 9.97 Å². The van der Waals surface area contributed by atoms with Crippen molar-refractivity contribution < 1.29 is 9.53 Å². The molecule has 6 nitrogen and oxygen atoms in total. The van der Waals surface area contributed by atoms with Crippen molar-refractivity contribution in [1.29, 1.82) is 0 Å². The highest BCUT2D eigenvalue weighted by Crippen LogP contribution is 2.13. The molecule has 2 N–H and O–H groups in total. The molecule has 0 aliphatic heterocycles. The number of nitrogens with one attached hydrogen (secondary N) is 2. The first kappa shape index (κ1) is 16.2. The minimum Gasteiger partial charge on any atom is -0.475 e. The lowest BCUT2D eigenvalue weighted by Crippen LogP contribution is -2.47. The summed E-state index contributed by atoms with van der Waals surface area (Å²) in [5.74, 6) is 0.968. The first-order valence-corrected chi connectivity index (χ1v) is 6.74. The number of ether oxygens (including phenoxy) is 1. The van der Waals surface area contributed by atoms with Gasteiger partial charge < -0.3 is 15.4 Å². The van der Waals surface area contributed by atoms with Gasteiger partial charge in [-0.1, -0.05) is 0 Å². The molecule has 0 aliphatic rings. The predicted molar refractivity (Wildman–Crippen MR) is 78.8 cm³/mol. The summed E-state index contributed by atoms with van der Waals surface area (Å²) < 4.78 is 5.49. The Kier molecular flexibility index (Phi) is 5.30. The van der Waals surface area contributed by atoms with Crippen molar-refractivity contribution in [3.8, 4) is 5.88 Å². The van der Waals surface area contributed by atoms with Gasteiger partial charge in [-0.3, -0.25) is 4.79 Å². The number of hydrogen-bond donors (Lipinski definition) is 2. The second-order valence-corrected chi connectivity index (χ2v) is 6.01. The van der Waals surface area contributed by atoms with Gasteiger partial charge in [0.2, 0.25) is 11.8 Å². The summed E-state index contributed by atoms with van der Waals surface area (Å²) in [4.78, 5) is 20.1. The molecule has 0 spiro atoms. The fourth-order valence-electron chi connectivity index (χ4n) is 1.49. The van der Waals surface area contributed by atoms with E-state index in [0.717, 1.165) is 0 Å². The van der Waals surface area contributed by atoms with Crippen molar-refractivity contribution in [1.82, 2.24) is 15.3 Å². The smallest absolute Gasteiger partial charge is 0.242 e. The monoisotopic (exact) mass is 280 g/mol. The molecule has 0 bridgehead atoms. The molecule has 1 aromatic rings. The molecule has 1 rings (SSSR count). The average molecular weight is 280 g/mol. The topological polar surface area (TPSA) is 76.1 Å². The minimum atomic E-state index is -0.393. The maximum absolute atomic E-state index is 12.0. The van der Waals surface area contributed by atoms with E-state index in [1.54, 1.807) is 13.0 Å². The lowest BCUT2D eigenvalue weighted by atomic mass is 10.1. The molecule has 0 fully saturated rings. The number of nitrogens with zero attached hydrogens (tertiary/aromatic N) is 2. The van der Waals surface area contributed by atoms with Crippen molar-refractivity contribution in [2.75, 3.05) is 5.32 Å². The van der Waals surface area contributed by atoms with Crippen LogP contribution in [0.5, 0.6) is 5.88 Å². The molecule has 0 aliphatic carbocycles. The fraction of sp³-hybridized carbons (Fsp3) is 0.643.